The molecule has 0 bridgehead atoms. The molecule has 2 aromatic carbocycles. The van der Waals surface area contributed by atoms with E-state index in [9.17, 15) is 36.4 Å². The third-order valence-electron chi connectivity index (χ3n) is 8.29. The van der Waals surface area contributed by atoms with Gasteiger partial charge < -0.3 is 24.4 Å². The van der Waals surface area contributed by atoms with Crippen molar-refractivity contribution in [3.05, 3.63) is 47.0 Å². The second-order valence-corrected chi connectivity index (χ2v) is 13.8. The zero-order chi connectivity index (χ0) is 30.8. The van der Waals surface area contributed by atoms with Gasteiger partial charge in [-0.2, -0.15) is 18.4 Å². The molecule has 2 aromatic rings. The van der Waals surface area contributed by atoms with Gasteiger partial charge in [-0.25, -0.2) is 8.42 Å². The summed E-state index contributed by atoms with van der Waals surface area (Å²) >= 11 is 6.21. The second-order valence-electron chi connectivity index (χ2n) is 11.2. The molecule has 2 atom stereocenters. The molecular weight excluding hydrogens is 615 g/mol. The Morgan fingerprint density at radius 3 is 2.47 bits per heavy atom. The van der Waals surface area contributed by atoms with Gasteiger partial charge in [0.05, 0.1) is 26.7 Å². The highest BCUT2D eigenvalue weighted by Gasteiger charge is 2.58. The number of hydrogen-bond donors (Lipinski definition) is 1. The fourth-order valence-corrected chi connectivity index (χ4v) is 7.80. The first-order chi connectivity index (χ1) is 20.3. The van der Waals surface area contributed by atoms with Crippen molar-refractivity contribution < 1.29 is 45.4 Å². The number of sulfone groups is 1. The molecule has 0 aromatic heterocycles. The molecule has 6 rings (SSSR count). The van der Waals surface area contributed by atoms with Gasteiger partial charge in [-0.3, -0.25) is 9.59 Å². The summed E-state index contributed by atoms with van der Waals surface area (Å²) in [4.78, 5) is 28.5. The van der Waals surface area contributed by atoms with Crippen LogP contribution in [0.15, 0.2) is 41.3 Å². The monoisotopic (exact) mass is 639 g/mol. The quantitative estimate of drug-likeness (QED) is 0.463. The van der Waals surface area contributed by atoms with Crippen LogP contribution in [0.3, 0.4) is 0 Å². The number of carbonyl (C=O) groups excluding carboxylic acids is 2. The minimum atomic E-state index is -4.60. The van der Waals surface area contributed by atoms with E-state index in [0.29, 0.717) is 42.7 Å². The van der Waals surface area contributed by atoms with E-state index < -0.39 is 56.7 Å². The maximum Gasteiger partial charge on any atom is 0.422 e. The van der Waals surface area contributed by atoms with Gasteiger partial charge in [0.2, 0.25) is 18.6 Å². The maximum atomic E-state index is 14.1. The molecule has 2 aliphatic heterocycles. The fraction of sp³-hybridized carbons (Fsp3) is 0.464. The number of benzene rings is 2. The number of nitrogens with zero attached hydrogens (tertiary/aromatic N) is 2. The average Bonchev–Trinajstić information content (AvgIpc) is 3.82. The SMILES string of the molecule is N#CC1(NC(=O)C2CC(S(=O)(=O)c3ccc(OCC(F)(F)F)cc3Cl)CN2C(=O)C2(c3ccc4c(c3)OCO4)CC2)CC1. The number of halogens is 4. The Hall–Kier alpha value is -3.70. The number of alkyl halides is 3. The van der Waals surface area contributed by atoms with Crippen LogP contribution in [0, 0.1) is 11.3 Å². The Morgan fingerprint density at radius 2 is 1.84 bits per heavy atom. The lowest BCUT2D eigenvalue weighted by Crippen LogP contribution is -2.51. The first-order valence-electron chi connectivity index (χ1n) is 13.4. The number of rotatable bonds is 8. The predicted molar refractivity (Wildman–Crippen MR) is 143 cm³/mol. The number of nitrogens with one attached hydrogen (secondary N) is 1. The molecule has 2 saturated carbocycles. The molecule has 4 aliphatic rings. The predicted octanol–water partition coefficient (Wildman–Crippen LogP) is 3.66. The van der Waals surface area contributed by atoms with Gasteiger partial charge in [0.15, 0.2) is 27.9 Å². The van der Waals surface area contributed by atoms with E-state index in [1.165, 1.54) is 4.90 Å². The van der Waals surface area contributed by atoms with Crippen LogP contribution in [0.4, 0.5) is 13.2 Å². The summed E-state index contributed by atoms with van der Waals surface area (Å²) in [5.41, 5.74) is -1.38. The van der Waals surface area contributed by atoms with Crippen molar-refractivity contribution in [2.24, 2.45) is 0 Å². The van der Waals surface area contributed by atoms with Gasteiger partial charge in [0.1, 0.15) is 17.3 Å². The molecule has 2 aliphatic carbocycles. The molecule has 3 fully saturated rings. The summed E-state index contributed by atoms with van der Waals surface area (Å²) in [7, 11) is -4.28. The minimum Gasteiger partial charge on any atom is -0.484 e. The normalized spacial score (nSPS) is 22.9. The molecule has 1 N–H and O–H groups in total. The highest BCUT2D eigenvalue weighted by Crippen LogP contribution is 2.53. The lowest BCUT2D eigenvalue weighted by Gasteiger charge is -2.29. The Morgan fingerprint density at radius 1 is 1.12 bits per heavy atom. The Labute approximate surface area is 249 Å². The summed E-state index contributed by atoms with van der Waals surface area (Å²) in [6.45, 7) is -1.86. The lowest BCUT2D eigenvalue weighted by atomic mass is 9.93. The van der Waals surface area contributed by atoms with E-state index in [-0.39, 0.29) is 35.4 Å². The molecule has 10 nitrogen and oxygen atoms in total. The zero-order valence-electron chi connectivity index (χ0n) is 22.4. The van der Waals surface area contributed by atoms with E-state index in [4.69, 9.17) is 21.1 Å². The van der Waals surface area contributed by atoms with Gasteiger partial charge in [0.25, 0.3) is 0 Å². The third kappa shape index (κ3) is 5.44. The molecule has 2 unspecified atom stereocenters. The van der Waals surface area contributed by atoms with Crippen LogP contribution >= 0.6 is 11.6 Å². The molecule has 2 heterocycles. The van der Waals surface area contributed by atoms with Crippen LogP contribution in [0.1, 0.15) is 37.7 Å². The van der Waals surface area contributed by atoms with Crippen molar-refractivity contribution >= 4 is 33.3 Å². The summed E-state index contributed by atoms with van der Waals surface area (Å²) in [5, 5.41) is 10.6. The van der Waals surface area contributed by atoms with Gasteiger partial charge in [0, 0.05) is 12.6 Å². The van der Waals surface area contributed by atoms with Gasteiger partial charge >= 0.3 is 6.18 Å². The van der Waals surface area contributed by atoms with Crippen LogP contribution in [0.25, 0.3) is 0 Å². The summed E-state index contributed by atoms with van der Waals surface area (Å²) in [5.74, 6) is -0.307. The van der Waals surface area contributed by atoms with Crippen molar-refractivity contribution in [2.45, 2.75) is 65.4 Å². The lowest BCUT2D eigenvalue weighted by molar-refractivity contribution is -0.153. The standard InChI is InChI=1S/C28H25ClF3N3O7S/c29-19-10-17(40-14-28(30,31)32)2-4-23(19)43(38,39)18-11-20(24(36)34-26(13-33)5-6-26)35(12-18)25(37)27(7-8-27)16-1-3-21-22(9-16)42-15-41-21/h1-4,9-10,18,20H,5-8,11-12,14-15H2,(H,34,36). The van der Waals surface area contributed by atoms with E-state index in [1.807, 2.05) is 0 Å². The number of likely N-dealkylation sites (tertiary alicyclic amines) is 1. The second kappa shape index (κ2) is 10.2. The van der Waals surface area contributed by atoms with Crippen LogP contribution in [-0.4, -0.2) is 68.1 Å². The summed E-state index contributed by atoms with van der Waals surface area (Å²) in [6.07, 6.45) is -3.03. The average molecular weight is 640 g/mol. The van der Waals surface area contributed by atoms with Crippen molar-refractivity contribution in [1.29, 1.82) is 5.26 Å². The maximum absolute atomic E-state index is 14.1. The molecule has 0 spiro atoms. The van der Waals surface area contributed by atoms with E-state index >= 15 is 0 Å². The topological polar surface area (TPSA) is 135 Å². The first kappa shape index (κ1) is 29.4. The molecule has 1 saturated heterocycles. The molecule has 228 valence electrons. The fourth-order valence-electron chi connectivity index (χ4n) is 5.57. The van der Waals surface area contributed by atoms with Crippen molar-refractivity contribution in [2.75, 3.05) is 19.9 Å². The number of nitriles is 1. The van der Waals surface area contributed by atoms with Crippen LogP contribution in [0.2, 0.25) is 5.02 Å². The number of fused-ring (bicyclic) bond motifs is 1. The number of ether oxygens (including phenoxy) is 3. The van der Waals surface area contributed by atoms with Crippen LogP contribution in [-0.2, 0) is 24.8 Å². The molecule has 0 radical (unpaired) electrons. The number of carbonyl (C=O) groups is 2. The molecule has 2 amide bonds. The zero-order valence-corrected chi connectivity index (χ0v) is 24.0. The van der Waals surface area contributed by atoms with E-state index in [2.05, 4.69) is 16.1 Å². The van der Waals surface area contributed by atoms with Crippen molar-refractivity contribution in [3.63, 3.8) is 0 Å². The summed E-state index contributed by atoms with van der Waals surface area (Å²) < 4.78 is 80.7. The number of hydrogen-bond acceptors (Lipinski definition) is 8. The third-order valence-corrected chi connectivity index (χ3v) is 10.9. The van der Waals surface area contributed by atoms with Crippen molar-refractivity contribution in [3.8, 4) is 23.3 Å². The van der Waals surface area contributed by atoms with Crippen molar-refractivity contribution in [1.82, 2.24) is 10.2 Å². The Balaban J connectivity index is 1.28. The largest absolute Gasteiger partial charge is 0.484 e. The molecule has 15 heteroatoms. The first-order valence-corrected chi connectivity index (χ1v) is 15.4. The molecule has 43 heavy (non-hydrogen) atoms. The highest BCUT2D eigenvalue weighted by molar-refractivity contribution is 7.92. The number of amides is 2. The Kier molecular flexibility index (Phi) is 6.96. The minimum absolute atomic E-state index is 0.0479. The molecular formula is C28H25ClF3N3O7S. The van der Waals surface area contributed by atoms with Gasteiger partial charge in [-0.15, -0.1) is 0 Å². The van der Waals surface area contributed by atoms with Gasteiger partial charge in [-0.1, -0.05) is 17.7 Å². The van der Waals surface area contributed by atoms with Crippen LogP contribution in [0.5, 0.6) is 17.2 Å². The van der Waals surface area contributed by atoms with E-state index in [0.717, 1.165) is 18.2 Å². The van der Waals surface area contributed by atoms with Gasteiger partial charge in [-0.05, 0) is 61.9 Å². The van der Waals surface area contributed by atoms with E-state index in [1.54, 1.807) is 18.2 Å². The summed E-state index contributed by atoms with van der Waals surface area (Å²) in [6, 6.07) is 9.12. The Bertz CT molecular complexity index is 1650. The highest BCUT2D eigenvalue weighted by atomic mass is 35.5. The smallest absolute Gasteiger partial charge is 0.422 e. The van der Waals surface area contributed by atoms with Crippen LogP contribution < -0.4 is 19.5 Å².